The van der Waals surface area contributed by atoms with E-state index in [1.807, 2.05) is 36.5 Å². The lowest BCUT2D eigenvalue weighted by Gasteiger charge is -2.28. The van der Waals surface area contributed by atoms with Crippen LogP contribution in [0.25, 0.3) is 11.1 Å². The first-order chi connectivity index (χ1) is 13.3. The van der Waals surface area contributed by atoms with E-state index >= 15 is 0 Å². The minimum absolute atomic E-state index is 0.0207. The normalized spacial score (nSPS) is 14.2. The number of ketones is 1. The molecule has 0 N–H and O–H groups in total. The summed E-state index contributed by atoms with van der Waals surface area (Å²) in [7, 11) is 1.62. The number of rotatable bonds is 5. The molecule has 0 saturated carbocycles. The number of methoxy groups -OCH3 is 1. The quantitative estimate of drug-likeness (QED) is 0.629. The number of nitrogens with zero attached hydrogens (tertiary/aromatic N) is 2. The molecule has 0 unspecified atom stereocenters. The van der Waals surface area contributed by atoms with E-state index < -0.39 is 0 Å². The second kappa shape index (κ2) is 7.90. The standard InChI is InChI=1S/C21H20N2O3S/c1-25-17-6-4-15(5-7-17)20(24)19-13-18(16-3-2-8-22-14-16)21(27-19)23-9-11-26-12-10-23/h2-8,13-14H,9-12H2,1H3. The first kappa shape index (κ1) is 17.7. The van der Waals surface area contributed by atoms with Crippen molar-refractivity contribution in [3.63, 3.8) is 0 Å². The summed E-state index contributed by atoms with van der Waals surface area (Å²) in [5.74, 6) is 0.759. The third kappa shape index (κ3) is 3.72. The van der Waals surface area contributed by atoms with Gasteiger partial charge in [-0.05, 0) is 36.4 Å². The van der Waals surface area contributed by atoms with Gasteiger partial charge in [-0.2, -0.15) is 0 Å². The number of hydrogen-bond acceptors (Lipinski definition) is 6. The Morgan fingerprint density at radius 1 is 1.19 bits per heavy atom. The highest BCUT2D eigenvalue weighted by molar-refractivity contribution is 7.18. The van der Waals surface area contributed by atoms with Crippen LogP contribution in [0.15, 0.2) is 54.9 Å². The third-order valence-electron chi connectivity index (χ3n) is 4.56. The molecule has 138 valence electrons. The Kier molecular flexibility index (Phi) is 5.18. The summed E-state index contributed by atoms with van der Waals surface area (Å²) >= 11 is 1.54. The van der Waals surface area contributed by atoms with Gasteiger partial charge in [0, 0.05) is 42.2 Å². The van der Waals surface area contributed by atoms with Crippen LogP contribution in [-0.2, 0) is 4.74 Å². The minimum atomic E-state index is 0.0207. The van der Waals surface area contributed by atoms with Crippen molar-refractivity contribution in [2.45, 2.75) is 0 Å². The highest BCUT2D eigenvalue weighted by Gasteiger charge is 2.22. The van der Waals surface area contributed by atoms with E-state index in [0.29, 0.717) is 18.8 Å². The molecular weight excluding hydrogens is 360 g/mol. The fourth-order valence-corrected chi connectivity index (χ4v) is 4.30. The van der Waals surface area contributed by atoms with Crippen molar-refractivity contribution in [1.82, 2.24) is 4.98 Å². The van der Waals surface area contributed by atoms with Gasteiger partial charge in [-0.3, -0.25) is 9.78 Å². The maximum absolute atomic E-state index is 13.0. The topological polar surface area (TPSA) is 51.7 Å². The van der Waals surface area contributed by atoms with Crippen LogP contribution in [0, 0.1) is 0 Å². The lowest BCUT2D eigenvalue weighted by Crippen LogP contribution is -2.35. The van der Waals surface area contributed by atoms with Gasteiger partial charge in [0.2, 0.25) is 5.78 Å². The second-order valence-electron chi connectivity index (χ2n) is 6.23. The molecule has 3 aromatic rings. The van der Waals surface area contributed by atoms with Gasteiger partial charge in [-0.1, -0.05) is 6.07 Å². The molecule has 0 amide bonds. The summed E-state index contributed by atoms with van der Waals surface area (Å²) in [6.45, 7) is 3.05. The van der Waals surface area contributed by atoms with Crippen molar-refractivity contribution in [1.29, 1.82) is 0 Å². The molecule has 0 radical (unpaired) electrons. The Morgan fingerprint density at radius 3 is 2.63 bits per heavy atom. The summed E-state index contributed by atoms with van der Waals surface area (Å²) in [5, 5.41) is 1.10. The van der Waals surface area contributed by atoms with E-state index in [9.17, 15) is 4.79 Å². The molecule has 0 bridgehead atoms. The Labute approximate surface area is 162 Å². The largest absolute Gasteiger partial charge is 0.497 e. The molecule has 1 saturated heterocycles. The summed E-state index contributed by atoms with van der Waals surface area (Å²) in [4.78, 5) is 20.3. The summed E-state index contributed by atoms with van der Waals surface area (Å²) in [6.07, 6.45) is 3.60. The molecule has 5 nitrogen and oxygen atoms in total. The van der Waals surface area contributed by atoms with Gasteiger partial charge in [0.25, 0.3) is 0 Å². The van der Waals surface area contributed by atoms with Crippen LogP contribution >= 0.6 is 11.3 Å². The van der Waals surface area contributed by atoms with Crippen LogP contribution in [-0.4, -0.2) is 44.2 Å². The lowest BCUT2D eigenvalue weighted by atomic mass is 10.1. The van der Waals surface area contributed by atoms with E-state index in [2.05, 4.69) is 9.88 Å². The van der Waals surface area contributed by atoms with Gasteiger partial charge < -0.3 is 14.4 Å². The first-order valence-corrected chi connectivity index (χ1v) is 9.63. The molecular formula is C21H20N2O3S. The smallest absolute Gasteiger partial charge is 0.203 e. The van der Waals surface area contributed by atoms with Gasteiger partial charge in [-0.15, -0.1) is 11.3 Å². The summed E-state index contributed by atoms with van der Waals surface area (Å²) < 4.78 is 10.7. The van der Waals surface area contributed by atoms with Crippen LogP contribution in [0.2, 0.25) is 0 Å². The lowest BCUT2D eigenvalue weighted by molar-refractivity contribution is 0.104. The Morgan fingerprint density at radius 2 is 1.96 bits per heavy atom. The fourth-order valence-electron chi connectivity index (χ4n) is 3.11. The van der Waals surface area contributed by atoms with Crippen molar-refractivity contribution in [3.8, 4) is 16.9 Å². The molecule has 1 aliphatic rings. The highest BCUT2D eigenvalue weighted by atomic mass is 32.1. The number of ether oxygens (including phenoxy) is 2. The number of anilines is 1. The monoisotopic (exact) mass is 380 g/mol. The summed E-state index contributed by atoms with van der Waals surface area (Å²) in [6, 6.07) is 13.2. The van der Waals surface area contributed by atoms with Crippen molar-refractivity contribution in [2.75, 3.05) is 38.3 Å². The average Bonchev–Trinajstić information content (AvgIpc) is 3.20. The van der Waals surface area contributed by atoms with E-state index in [-0.39, 0.29) is 5.78 Å². The number of thiophene rings is 1. The molecule has 0 spiro atoms. The maximum Gasteiger partial charge on any atom is 0.203 e. The van der Waals surface area contributed by atoms with Crippen LogP contribution in [0.3, 0.4) is 0 Å². The molecule has 27 heavy (non-hydrogen) atoms. The van der Waals surface area contributed by atoms with Crippen molar-refractivity contribution in [2.24, 2.45) is 0 Å². The molecule has 0 aliphatic carbocycles. The van der Waals surface area contributed by atoms with Crippen molar-refractivity contribution < 1.29 is 14.3 Å². The summed E-state index contributed by atoms with van der Waals surface area (Å²) in [5.41, 5.74) is 2.72. The predicted octanol–water partition coefficient (Wildman–Crippen LogP) is 3.89. The Hall–Kier alpha value is -2.70. The number of benzene rings is 1. The van der Waals surface area contributed by atoms with Gasteiger partial charge in [0.15, 0.2) is 0 Å². The molecule has 1 fully saturated rings. The zero-order valence-corrected chi connectivity index (χ0v) is 15.9. The number of carbonyl (C=O) groups excluding carboxylic acids is 1. The van der Waals surface area contributed by atoms with Gasteiger partial charge in [0.05, 0.1) is 30.2 Å². The SMILES string of the molecule is COc1ccc(C(=O)c2cc(-c3cccnc3)c(N3CCOCC3)s2)cc1. The third-order valence-corrected chi connectivity index (χ3v) is 5.75. The Bertz CT molecular complexity index is 916. The molecule has 0 atom stereocenters. The minimum Gasteiger partial charge on any atom is -0.497 e. The Balaban J connectivity index is 1.72. The number of aromatic nitrogens is 1. The van der Waals surface area contributed by atoms with E-state index in [1.165, 1.54) is 11.3 Å². The van der Waals surface area contributed by atoms with Gasteiger partial charge in [-0.25, -0.2) is 0 Å². The molecule has 6 heteroatoms. The maximum atomic E-state index is 13.0. The molecule has 1 aliphatic heterocycles. The molecule has 3 heterocycles. The highest BCUT2D eigenvalue weighted by Crippen LogP contribution is 2.40. The van der Waals surface area contributed by atoms with E-state index in [0.717, 1.165) is 39.8 Å². The molecule has 4 rings (SSSR count). The predicted molar refractivity (Wildman–Crippen MR) is 107 cm³/mol. The number of hydrogen-bond donors (Lipinski definition) is 0. The van der Waals surface area contributed by atoms with Crippen LogP contribution in [0.1, 0.15) is 15.2 Å². The van der Waals surface area contributed by atoms with E-state index in [4.69, 9.17) is 9.47 Å². The second-order valence-corrected chi connectivity index (χ2v) is 7.26. The van der Waals surface area contributed by atoms with Crippen LogP contribution < -0.4 is 9.64 Å². The van der Waals surface area contributed by atoms with Crippen LogP contribution in [0.5, 0.6) is 5.75 Å². The van der Waals surface area contributed by atoms with Gasteiger partial charge in [0.1, 0.15) is 5.75 Å². The van der Waals surface area contributed by atoms with E-state index in [1.54, 1.807) is 25.4 Å². The fraction of sp³-hybridized carbons (Fsp3) is 0.238. The molecule has 2 aromatic heterocycles. The van der Waals surface area contributed by atoms with Crippen molar-refractivity contribution in [3.05, 3.63) is 65.3 Å². The molecule has 1 aromatic carbocycles. The van der Waals surface area contributed by atoms with Gasteiger partial charge >= 0.3 is 0 Å². The van der Waals surface area contributed by atoms with Crippen LogP contribution in [0.4, 0.5) is 5.00 Å². The zero-order chi connectivity index (χ0) is 18.6. The first-order valence-electron chi connectivity index (χ1n) is 8.82. The number of morpholine rings is 1. The van der Waals surface area contributed by atoms with Crippen molar-refractivity contribution >= 4 is 22.1 Å². The number of carbonyl (C=O) groups is 1. The number of pyridine rings is 1. The zero-order valence-electron chi connectivity index (χ0n) is 15.1. The average molecular weight is 380 g/mol.